The second-order valence-electron chi connectivity index (χ2n) is 5.71. The van der Waals surface area contributed by atoms with Gasteiger partial charge in [0.15, 0.2) is 0 Å². The van der Waals surface area contributed by atoms with E-state index in [1.807, 2.05) is 12.3 Å². The molecule has 27 heavy (non-hydrogen) atoms. The third-order valence-corrected chi connectivity index (χ3v) is 4.54. The maximum absolute atomic E-state index is 12.3. The normalized spacial score (nSPS) is 10.4. The van der Waals surface area contributed by atoms with Crippen LogP contribution in [0, 0.1) is 6.92 Å². The molecule has 0 saturated carbocycles. The van der Waals surface area contributed by atoms with Gasteiger partial charge in [-0.2, -0.15) is 0 Å². The number of pyridine rings is 1. The molecule has 2 aromatic heterocycles. The van der Waals surface area contributed by atoms with Crippen LogP contribution in [0.15, 0.2) is 52.8 Å². The van der Waals surface area contributed by atoms with Gasteiger partial charge in [0.2, 0.25) is 0 Å². The Labute approximate surface area is 160 Å². The van der Waals surface area contributed by atoms with E-state index in [1.54, 1.807) is 41.1 Å². The average molecular weight is 385 g/mol. The van der Waals surface area contributed by atoms with Crippen LogP contribution in [0.4, 0.5) is 0 Å². The predicted molar refractivity (Wildman–Crippen MR) is 103 cm³/mol. The Bertz CT molecular complexity index is 966. The van der Waals surface area contributed by atoms with Gasteiger partial charge in [0.25, 0.3) is 16.7 Å². The average Bonchev–Trinajstić information content (AvgIpc) is 3.17. The Balaban J connectivity index is 1.56. The molecule has 0 spiro atoms. The minimum atomic E-state index is -0.213. The van der Waals surface area contributed by atoms with Gasteiger partial charge in [-0.15, -0.1) is 0 Å². The topological polar surface area (TPSA) is 82.4 Å². The number of aryl methyl sites for hydroxylation is 1. The summed E-state index contributed by atoms with van der Waals surface area (Å²) in [7, 11) is 1.52. The molecule has 0 aliphatic rings. The fraction of sp³-hybridized carbons (Fsp3) is 0.211. The molecular formula is C19H19N3O4S. The van der Waals surface area contributed by atoms with E-state index in [9.17, 15) is 9.59 Å². The minimum absolute atomic E-state index is 0.162. The van der Waals surface area contributed by atoms with Crippen molar-refractivity contribution in [1.29, 1.82) is 0 Å². The van der Waals surface area contributed by atoms with Gasteiger partial charge in [0.1, 0.15) is 11.5 Å². The number of hydrogen-bond donors (Lipinski definition) is 1. The van der Waals surface area contributed by atoms with Crippen molar-refractivity contribution in [2.75, 3.05) is 13.7 Å². The van der Waals surface area contributed by atoms with Crippen molar-refractivity contribution in [1.82, 2.24) is 14.9 Å². The smallest absolute Gasteiger partial charge is 0.278 e. The lowest BCUT2D eigenvalue weighted by molar-refractivity contribution is 0.0952. The molecule has 1 N–H and O–H groups in total. The summed E-state index contributed by atoms with van der Waals surface area (Å²) in [5.74, 6) is 0.926. The van der Waals surface area contributed by atoms with E-state index in [2.05, 4.69) is 10.3 Å². The molecule has 1 amide bonds. The molecule has 1 aromatic carbocycles. The molecule has 3 rings (SSSR count). The van der Waals surface area contributed by atoms with Crippen LogP contribution >= 0.6 is 11.3 Å². The summed E-state index contributed by atoms with van der Waals surface area (Å²) in [6.07, 6.45) is 1.66. The number of amides is 1. The third kappa shape index (κ3) is 4.73. The van der Waals surface area contributed by atoms with Crippen LogP contribution < -0.4 is 20.3 Å². The quantitative estimate of drug-likeness (QED) is 0.676. The molecule has 0 fully saturated rings. The number of thiazole rings is 1. The van der Waals surface area contributed by atoms with E-state index in [0.29, 0.717) is 35.3 Å². The van der Waals surface area contributed by atoms with Crippen molar-refractivity contribution in [2.45, 2.75) is 13.5 Å². The highest BCUT2D eigenvalue weighted by molar-refractivity contribution is 7.11. The number of rotatable bonds is 7. The van der Waals surface area contributed by atoms with E-state index >= 15 is 0 Å². The lowest BCUT2D eigenvalue weighted by atomic mass is 10.2. The summed E-state index contributed by atoms with van der Waals surface area (Å²) in [6, 6.07) is 10.0. The number of carbonyl (C=O) groups excluding carboxylic acids is 1. The number of carbonyl (C=O) groups is 1. The Kier molecular flexibility index (Phi) is 5.87. The molecule has 0 bridgehead atoms. The fourth-order valence-corrected chi connectivity index (χ4v) is 3.03. The Morgan fingerprint density at radius 1 is 1.22 bits per heavy atom. The maximum Gasteiger partial charge on any atom is 0.278 e. The van der Waals surface area contributed by atoms with Crippen LogP contribution in [0.1, 0.15) is 16.1 Å². The van der Waals surface area contributed by atoms with Crippen LogP contribution in [-0.2, 0) is 6.54 Å². The molecule has 2 heterocycles. The van der Waals surface area contributed by atoms with E-state index < -0.39 is 0 Å². The first-order valence-corrected chi connectivity index (χ1v) is 9.16. The SMILES string of the molecule is COc1cc(C)n(CCNC(=O)c2ccc(Oc3nccs3)cc2)c(=O)c1. The molecule has 0 saturated heterocycles. The van der Waals surface area contributed by atoms with Crippen molar-refractivity contribution in [3.63, 3.8) is 0 Å². The van der Waals surface area contributed by atoms with Gasteiger partial charge in [-0.3, -0.25) is 9.59 Å². The first-order chi connectivity index (χ1) is 13.1. The molecule has 8 heteroatoms. The van der Waals surface area contributed by atoms with Crippen molar-refractivity contribution in [3.05, 3.63) is 69.6 Å². The van der Waals surface area contributed by atoms with Crippen molar-refractivity contribution in [2.24, 2.45) is 0 Å². The molecular weight excluding hydrogens is 366 g/mol. The Morgan fingerprint density at radius 3 is 2.63 bits per heavy atom. The largest absolute Gasteiger partial charge is 0.496 e. The zero-order valence-electron chi connectivity index (χ0n) is 15.0. The van der Waals surface area contributed by atoms with Crippen molar-refractivity contribution >= 4 is 17.2 Å². The van der Waals surface area contributed by atoms with E-state index in [1.165, 1.54) is 24.5 Å². The highest BCUT2D eigenvalue weighted by atomic mass is 32.1. The van der Waals surface area contributed by atoms with E-state index in [4.69, 9.17) is 9.47 Å². The van der Waals surface area contributed by atoms with Crippen LogP contribution in [0.2, 0.25) is 0 Å². The lowest BCUT2D eigenvalue weighted by Crippen LogP contribution is -2.31. The van der Waals surface area contributed by atoms with E-state index in [-0.39, 0.29) is 11.5 Å². The number of aromatic nitrogens is 2. The van der Waals surface area contributed by atoms with Gasteiger partial charge in [-0.25, -0.2) is 4.98 Å². The number of hydrogen-bond acceptors (Lipinski definition) is 6. The standard InChI is InChI=1S/C19H19N3O4S/c1-13-11-16(25-2)12-17(23)22(13)9-7-20-18(24)14-3-5-15(6-4-14)26-19-21-8-10-27-19/h3-6,8,10-12H,7,9H2,1-2H3,(H,20,24). The number of nitrogens with one attached hydrogen (secondary N) is 1. The van der Waals surface area contributed by atoms with Gasteiger partial charge < -0.3 is 19.4 Å². The summed E-state index contributed by atoms with van der Waals surface area (Å²) in [5.41, 5.74) is 1.13. The van der Waals surface area contributed by atoms with Gasteiger partial charge in [0.05, 0.1) is 7.11 Å². The summed E-state index contributed by atoms with van der Waals surface area (Å²) in [4.78, 5) is 28.4. The lowest BCUT2D eigenvalue weighted by Gasteiger charge is -2.12. The van der Waals surface area contributed by atoms with Gasteiger partial charge in [0, 0.05) is 42.0 Å². The zero-order chi connectivity index (χ0) is 19.2. The molecule has 3 aromatic rings. The van der Waals surface area contributed by atoms with Crippen LogP contribution in [0.3, 0.4) is 0 Å². The molecule has 0 aliphatic heterocycles. The number of ether oxygens (including phenoxy) is 2. The zero-order valence-corrected chi connectivity index (χ0v) is 15.8. The second-order valence-corrected chi connectivity index (χ2v) is 6.56. The predicted octanol–water partition coefficient (Wildman–Crippen LogP) is 2.84. The fourth-order valence-electron chi connectivity index (χ4n) is 2.52. The Morgan fingerprint density at radius 2 is 2.00 bits per heavy atom. The molecule has 0 radical (unpaired) electrons. The Hall–Kier alpha value is -3.13. The molecule has 7 nitrogen and oxygen atoms in total. The van der Waals surface area contributed by atoms with Gasteiger partial charge in [-0.05, 0) is 37.3 Å². The summed E-state index contributed by atoms with van der Waals surface area (Å²) < 4.78 is 12.2. The molecule has 0 atom stereocenters. The molecule has 140 valence electrons. The monoisotopic (exact) mass is 385 g/mol. The summed E-state index contributed by atoms with van der Waals surface area (Å²) >= 11 is 1.39. The maximum atomic E-state index is 12.3. The van der Waals surface area contributed by atoms with Crippen LogP contribution in [-0.4, -0.2) is 29.1 Å². The first-order valence-electron chi connectivity index (χ1n) is 8.28. The summed E-state index contributed by atoms with van der Waals surface area (Å²) in [5, 5.41) is 5.19. The van der Waals surface area contributed by atoms with Crippen molar-refractivity contribution in [3.8, 4) is 16.7 Å². The van der Waals surface area contributed by atoms with Crippen LogP contribution in [0.25, 0.3) is 0 Å². The highest BCUT2D eigenvalue weighted by Gasteiger charge is 2.08. The van der Waals surface area contributed by atoms with Crippen LogP contribution in [0.5, 0.6) is 16.7 Å². The second kappa shape index (κ2) is 8.50. The van der Waals surface area contributed by atoms with Gasteiger partial charge >= 0.3 is 0 Å². The molecule has 0 unspecified atom stereocenters. The first kappa shape index (κ1) is 18.7. The van der Waals surface area contributed by atoms with Crippen molar-refractivity contribution < 1.29 is 14.3 Å². The van der Waals surface area contributed by atoms with E-state index in [0.717, 1.165) is 5.69 Å². The number of nitrogens with zero attached hydrogens (tertiary/aromatic N) is 2. The third-order valence-electron chi connectivity index (χ3n) is 3.90. The number of methoxy groups -OCH3 is 1. The minimum Gasteiger partial charge on any atom is -0.496 e. The highest BCUT2D eigenvalue weighted by Crippen LogP contribution is 2.23. The molecule has 0 aliphatic carbocycles. The van der Waals surface area contributed by atoms with Gasteiger partial charge in [-0.1, -0.05) is 11.3 Å². The number of benzene rings is 1. The summed E-state index contributed by atoms with van der Waals surface area (Å²) in [6.45, 7) is 2.54.